The maximum atomic E-state index is 12.4. The maximum Gasteiger partial charge on any atom is 0.339 e. The van der Waals surface area contributed by atoms with Crippen LogP contribution in [0.3, 0.4) is 0 Å². The van der Waals surface area contributed by atoms with Crippen LogP contribution in [-0.4, -0.2) is 38.0 Å². The SMILES string of the molecule is CCOc1ccc(NC(=O)CN(C(C)=O)c2ccccc2C(=O)OC)cc1. The van der Waals surface area contributed by atoms with Crippen LogP contribution in [0.2, 0.25) is 0 Å². The molecule has 0 aliphatic rings. The number of rotatable bonds is 7. The number of hydrogen-bond acceptors (Lipinski definition) is 5. The van der Waals surface area contributed by atoms with Crippen LogP contribution >= 0.6 is 0 Å². The number of nitrogens with one attached hydrogen (secondary N) is 1. The molecule has 2 rings (SSSR count). The molecule has 2 amide bonds. The van der Waals surface area contributed by atoms with Crippen LogP contribution in [0.5, 0.6) is 5.75 Å². The van der Waals surface area contributed by atoms with E-state index in [0.717, 1.165) is 0 Å². The summed E-state index contributed by atoms with van der Waals surface area (Å²) in [6.45, 7) is 3.53. The average molecular weight is 370 g/mol. The van der Waals surface area contributed by atoms with E-state index in [1.165, 1.54) is 18.9 Å². The molecule has 0 aliphatic heterocycles. The molecule has 27 heavy (non-hydrogen) atoms. The van der Waals surface area contributed by atoms with Gasteiger partial charge in [0.25, 0.3) is 0 Å². The Hall–Kier alpha value is -3.35. The zero-order valence-electron chi connectivity index (χ0n) is 15.5. The summed E-state index contributed by atoms with van der Waals surface area (Å²) in [5, 5.41) is 2.72. The highest BCUT2D eigenvalue weighted by Gasteiger charge is 2.22. The second kappa shape index (κ2) is 9.38. The van der Waals surface area contributed by atoms with Crippen LogP contribution < -0.4 is 15.0 Å². The van der Waals surface area contributed by atoms with Crippen molar-refractivity contribution in [3.63, 3.8) is 0 Å². The van der Waals surface area contributed by atoms with Crippen molar-refractivity contribution in [1.29, 1.82) is 0 Å². The van der Waals surface area contributed by atoms with Gasteiger partial charge in [-0.1, -0.05) is 12.1 Å². The van der Waals surface area contributed by atoms with Crippen molar-refractivity contribution >= 4 is 29.2 Å². The number of methoxy groups -OCH3 is 1. The topological polar surface area (TPSA) is 84.9 Å². The molecule has 2 aromatic carbocycles. The minimum absolute atomic E-state index is 0.212. The van der Waals surface area contributed by atoms with Gasteiger partial charge in [-0.15, -0.1) is 0 Å². The molecule has 0 saturated heterocycles. The van der Waals surface area contributed by atoms with E-state index in [1.807, 2.05) is 6.92 Å². The fourth-order valence-corrected chi connectivity index (χ4v) is 2.50. The van der Waals surface area contributed by atoms with E-state index in [1.54, 1.807) is 48.5 Å². The Morgan fingerprint density at radius 3 is 2.30 bits per heavy atom. The van der Waals surface area contributed by atoms with Crippen molar-refractivity contribution in [2.24, 2.45) is 0 Å². The first-order valence-electron chi connectivity index (χ1n) is 8.44. The Labute approximate surface area is 157 Å². The van der Waals surface area contributed by atoms with Crippen molar-refractivity contribution in [2.45, 2.75) is 13.8 Å². The van der Waals surface area contributed by atoms with Gasteiger partial charge < -0.3 is 19.7 Å². The average Bonchev–Trinajstić information content (AvgIpc) is 2.67. The van der Waals surface area contributed by atoms with Gasteiger partial charge in [-0.25, -0.2) is 4.79 Å². The van der Waals surface area contributed by atoms with Crippen LogP contribution in [0.25, 0.3) is 0 Å². The monoisotopic (exact) mass is 370 g/mol. The molecule has 0 unspecified atom stereocenters. The van der Waals surface area contributed by atoms with E-state index >= 15 is 0 Å². The number of ether oxygens (including phenoxy) is 2. The van der Waals surface area contributed by atoms with Crippen LogP contribution in [0.4, 0.5) is 11.4 Å². The molecule has 0 fully saturated rings. The van der Waals surface area contributed by atoms with E-state index in [4.69, 9.17) is 9.47 Å². The Morgan fingerprint density at radius 2 is 1.70 bits per heavy atom. The highest BCUT2D eigenvalue weighted by Crippen LogP contribution is 2.22. The first-order valence-corrected chi connectivity index (χ1v) is 8.44. The van der Waals surface area contributed by atoms with Crippen molar-refractivity contribution < 1.29 is 23.9 Å². The van der Waals surface area contributed by atoms with Gasteiger partial charge in [-0.3, -0.25) is 9.59 Å². The zero-order chi connectivity index (χ0) is 19.8. The minimum atomic E-state index is -0.580. The third kappa shape index (κ3) is 5.31. The first kappa shape index (κ1) is 20.0. The maximum absolute atomic E-state index is 12.4. The van der Waals surface area contributed by atoms with E-state index < -0.39 is 11.9 Å². The van der Waals surface area contributed by atoms with Crippen LogP contribution in [-0.2, 0) is 14.3 Å². The lowest BCUT2D eigenvalue weighted by molar-refractivity contribution is -0.120. The summed E-state index contributed by atoms with van der Waals surface area (Å²) >= 11 is 0. The normalized spacial score (nSPS) is 10.0. The molecular weight excluding hydrogens is 348 g/mol. The molecule has 0 radical (unpaired) electrons. The largest absolute Gasteiger partial charge is 0.494 e. The number of carbonyl (C=O) groups is 3. The first-order chi connectivity index (χ1) is 13.0. The van der Waals surface area contributed by atoms with Crippen LogP contribution in [0, 0.1) is 0 Å². The molecule has 142 valence electrons. The van der Waals surface area contributed by atoms with E-state index in [0.29, 0.717) is 23.7 Å². The van der Waals surface area contributed by atoms with Gasteiger partial charge in [0.15, 0.2) is 0 Å². The van der Waals surface area contributed by atoms with Gasteiger partial charge in [0.1, 0.15) is 12.3 Å². The summed E-state index contributed by atoms with van der Waals surface area (Å²) in [7, 11) is 1.26. The number of nitrogens with zero attached hydrogens (tertiary/aromatic N) is 1. The van der Waals surface area contributed by atoms with Crippen molar-refractivity contribution in [3.8, 4) is 5.75 Å². The standard InChI is InChI=1S/C20H22N2O5/c1-4-27-16-11-9-15(10-12-16)21-19(24)13-22(14(2)23)18-8-6-5-7-17(18)20(25)26-3/h5-12H,4,13H2,1-3H3,(H,21,24). The third-order valence-electron chi connectivity index (χ3n) is 3.73. The molecule has 7 heteroatoms. The summed E-state index contributed by atoms with van der Waals surface area (Å²) in [6.07, 6.45) is 0. The van der Waals surface area contributed by atoms with Crippen molar-refractivity contribution in [2.75, 3.05) is 30.5 Å². The Kier molecular flexibility index (Phi) is 6.93. The lowest BCUT2D eigenvalue weighted by Gasteiger charge is -2.22. The molecule has 0 bridgehead atoms. The van der Waals surface area contributed by atoms with Gasteiger partial charge in [0.05, 0.1) is 25.0 Å². The molecule has 2 aromatic rings. The molecular formula is C20H22N2O5. The number of amides is 2. The lowest BCUT2D eigenvalue weighted by Crippen LogP contribution is -2.37. The molecule has 0 heterocycles. The highest BCUT2D eigenvalue weighted by atomic mass is 16.5. The molecule has 7 nitrogen and oxygen atoms in total. The van der Waals surface area contributed by atoms with Gasteiger partial charge in [0, 0.05) is 12.6 Å². The van der Waals surface area contributed by atoms with Gasteiger partial charge in [-0.05, 0) is 43.3 Å². The van der Waals surface area contributed by atoms with Crippen molar-refractivity contribution in [3.05, 3.63) is 54.1 Å². The molecule has 1 N–H and O–H groups in total. The molecule has 0 aliphatic carbocycles. The number of benzene rings is 2. The second-order valence-electron chi connectivity index (χ2n) is 5.62. The summed E-state index contributed by atoms with van der Waals surface area (Å²) in [4.78, 5) is 37.7. The number of anilines is 2. The number of para-hydroxylation sites is 1. The quantitative estimate of drug-likeness (QED) is 0.758. The predicted molar refractivity (Wildman–Crippen MR) is 102 cm³/mol. The molecule has 0 atom stereocenters. The summed E-state index contributed by atoms with van der Waals surface area (Å²) in [6, 6.07) is 13.4. The van der Waals surface area contributed by atoms with Crippen LogP contribution in [0.15, 0.2) is 48.5 Å². The van der Waals surface area contributed by atoms with Gasteiger partial charge >= 0.3 is 5.97 Å². The fraction of sp³-hybridized carbons (Fsp3) is 0.250. The minimum Gasteiger partial charge on any atom is -0.494 e. The second-order valence-corrected chi connectivity index (χ2v) is 5.62. The lowest BCUT2D eigenvalue weighted by atomic mass is 10.1. The number of esters is 1. The van der Waals surface area contributed by atoms with Gasteiger partial charge in [0.2, 0.25) is 11.8 Å². The Bertz CT molecular complexity index is 817. The number of hydrogen-bond donors (Lipinski definition) is 1. The highest BCUT2D eigenvalue weighted by molar-refractivity contribution is 6.06. The van der Waals surface area contributed by atoms with E-state index in [2.05, 4.69) is 5.32 Å². The number of carbonyl (C=O) groups excluding carboxylic acids is 3. The van der Waals surface area contributed by atoms with Crippen molar-refractivity contribution in [1.82, 2.24) is 0 Å². The molecule has 0 spiro atoms. The fourth-order valence-electron chi connectivity index (χ4n) is 2.50. The molecule has 0 saturated carbocycles. The van der Waals surface area contributed by atoms with E-state index in [9.17, 15) is 14.4 Å². The summed E-state index contributed by atoms with van der Waals surface area (Å²) in [5.41, 5.74) is 1.11. The van der Waals surface area contributed by atoms with Crippen LogP contribution in [0.1, 0.15) is 24.2 Å². The Balaban J connectivity index is 2.16. The third-order valence-corrected chi connectivity index (χ3v) is 3.73. The smallest absolute Gasteiger partial charge is 0.339 e. The zero-order valence-corrected chi connectivity index (χ0v) is 15.5. The predicted octanol–water partition coefficient (Wildman–Crippen LogP) is 2.86. The van der Waals surface area contributed by atoms with Gasteiger partial charge in [-0.2, -0.15) is 0 Å². The summed E-state index contributed by atoms with van der Waals surface area (Å²) < 4.78 is 10.1. The Morgan fingerprint density at radius 1 is 1.04 bits per heavy atom. The summed E-state index contributed by atoms with van der Waals surface area (Å²) in [5.74, 6) is -0.640. The molecule has 0 aromatic heterocycles. The van der Waals surface area contributed by atoms with E-state index in [-0.39, 0.29) is 18.0 Å².